The minimum absolute atomic E-state index is 0.273. The summed E-state index contributed by atoms with van der Waals surface area (Å²) in [6.07, 6.45) is 0. The molecule has 0 aliphatic carbocycles. The number of nitrogens with zero attached hydrogens (tertiary/aromatic N) is 1. The van der Waals surface area contributed by atoms with Gasteiger partial charge in [0, 0.05) is 10.0 Å². The van der Waals surface area contributed by atoms with Gasteiger partial charge in [-0.25, -0.2) is 9.37 Å². The summed E-state index contributed by atoms with van der Waals surface area (Å²) >= 11 is 3.41. The van der Waals surface area contributed by atoms with Crippen molar-refractivity contribution < 1.29 is 4.39 Å². The van der Waals surface area contributed by atoms with Gasteiger partial charge < -0.3 is 4.98 Å². The fourth-order valence-electron chi connectivity index (χ4n) is 1.93. The molecule has 90 valence electrons. The van der Waals surface area contributed by atoms with E-state index in [-0.39, 0.29) is 5.82 Å². The predicted octanol–water partition coefficient (Wildman–Crippen LogP) is 4.44. The molecule has 0 aliphatic rings. The maximum Gasteiger partial charge on any atom is 0.139 e. The number of aromatic amines is 1. The topological polar surface area (TPSA) is 28.7 Å². The lowest BCUT2D eigenvalue weighted by Gasteiger charge is -2.00. The molecule has 0 bridgehead atoms. The molecule has 0 fully saturated rings. The normalized spacial score (nSPS) is 11.1. The summed E-state index contributed by atoms with van der Waals surface area (Å²) in [6, 6.07) is 10.6. The first-order chi connectivity index (χ1) is 8.63. The zero-order valence-electron chi connectivity index (χ0n) is 9.67. The van der Waals surface area contributed by atoms with Crippen LogP contribution in [0.25, 0.3) is 22.4 Å². The average Bonchev–Trinajstić information content (AvgIpc) is 2.74. The van der Waals surface area contributed by atoms with Crippen LogP contribution in [0.4, 0.5) is 4.39 Å². The Morgan fingerprint density at radius 3 is 2.83 bits per heavy atom. The maximum atomic E-state index is 13.3. The lowest BCUT2D eigenvalue weighted by molar-refractivity contribution is 0.628. The zero-order valence-corrected chi connectivity index (χ0v) is 11.3. The number of aromatic nitrogens is 2. The molecule has 0 saturated carbocycles. The first kappa shape index (κ1) is 11.4. The largest absolute Gasteiger partial charge is 0.338 e. The molecule has 1 aromatic heterocycles. The molecule has 0 unspecified atom stereocenters. The average molecular weight is 305 g/mol. The Morgan fingerprint density at radius 2 is 2.00 bits per heavy atom. The van der Waals surface area contributed by atoms with Crippen molar-refractivity contribution in [1.29, 1.82) is 0 Å². The second kappa shape index (κ2) is 4.21. The number of fused-ring (bicyclic) bond motifs is 1. The van der Waals surface area contributed by atoms with Crippen LogP contribution in [0.1, 0.15) is 5.56 Å². The van der Waals surface area contributed by atoms with Crippen molar-refractivity contribution in [3.63, 3.8) is 0 Å². The van der Waals surface area contributed by atoms with Crippen molar-refractivity contribution in [1.82, 2.24) is 9.97 Å². The summed E-state index contributed by atoms with van der Waals surface area (Å²) in [5.74, 6) is 0.395. The lowest BCUT2D eigenvalue weighted by atomic mass is 10.2. The van der Waals surface area contributed by atoms with E-state index in [0.29, 0.717) is 5.82 Å². The van der Waals surface area contributed by atoms with Crippen LogP contribution in [0.3, 0.4) is 0 Å². The second-order valence-corrected chi connectivity index (χ2v) is 5.08. The molecule has 2 nitrogen and oxygen atoms in total. The molecule has 1 N–H and O–H groups in total. The first-order valence-corrected chi connectivity index (χ1v) is 6.34. The van der Waals surface area contributed by atoms with E-state index in [1.165, 1.54) is 12.1 Å². The van der Waals surface area contributed by atoms with E-state index < -0.39 is 0 Å². The van der Waals surface area contributed by atoms with Gasteiger partial charge in [-0.3, -0.25) is 0 Å². The minimum atomic E-state index is -0.273. The number of imidazole rings is 1. The Balaban J connectivity index is 2.22. The molecule has 2 aromatic carbocycles. The van der Waals surface area contributed by atoms with E-state index in [1.54, 1.807) is 6.07 Å². The van der Waals surface area contributed by atoms with Gasteiger partial charge in [0.2, 0.25) is 0 Å². The first-order valence-electron chi connectivity index (χ1n) is 5.55. The number of halogens is 2. The highest BCUT2D eigenvalue weighted by Gasteiger charge is 2.09. The van der Waals surface area contributed by atoms with Crippen LogP contribution in [-0.2, 0) is 0 Å². The van der Waals surface area contributed by atoms with Crippen LogP contribution in [-0.4, -0.2) is 9.97 Å². The van der Waals surface area contributed by atoms with Crippen LogP contribution in [0.5, 0.6) is 0 Å². The van der Waals surface area contributed by atoms with Crippen LogP contribution >= 0.6 is 15.9 Å². The van der Waals surface area contributed by atoms with Crippen molar-refractivity contribution >= 4 is 27.0 Å². The highest BCUT2D eigenvalue weighted by atomic mass is 79.9. The molecule has 3 aromatic rings. The molecule has 0 amide bonds. The standard InChI is InChI=1S/C14H10BrFN2/c1-8-2-5-12-13(6-8)18-14(17-12)10-7-9(16)3-4-11(10)15/h2-7H,1H3,(H,17,18). The summed E-state index contributed by atoms with van der Waals surface area (Å²) < 4.78 is 14.1. The number of H-pyrrole nitrogens is 1. The molecule has 0 saturated heterocycles. The quantitative estimate of drug-likeness (QED) is 0.707. The van der Waals surface area contributed by atoms with Crippen LogP contribution in [0.15, 0.2) is 40.9 Å². The van der Waals surface area contributed by atoms with E-state index >= 15 is 0 Å². The molecular formula is C14H10BrFN2. The van der Waals surface area contributed by atoms with Gasteiger partial charge in [0.25, 0.3) is 0 Å². The monoisotopic (exact) mass is 304 g/mol. The van der Waals surface area contributed by atoms with E-state index in [2.05, 4.69) is 25.9 Å². The van der Waals surface area contributed by atoms with Gasteiger partial charge >= 0.3 is 0 Å². The lowest BCUT2D eigenvalue weighted by Crippen LogP contribution is -1.84. The number of benzene rings is 2. The Kier molecular flexibility index (Phi) is 2.67. The van der Waals surface area contributed by atoms with Crippen molar-refractivity contribution in [2.24, 2.45) is 0 Å². The molecule has 18 heavy (non-hydrogen) atoms. The number of hydrogen-bond acceptors (Lipinski definition) is 1. The van der Waals surface area contributed by atoms with Gasteiger partial charge in [0.05, 0.1) is 11.0 Å². The molecule has 1 heterocycles. The SMILES string of the molecule is Cc1ccc2nc(-c3cc(F)ccc3Br)[nH]c2c1. The Hall–Kier alpha value is -1.68. The van der Waals surface area contributed by atoms with Gasteiger partial charge in [-0.2, -0.15) is 0 Å². The molecule has 0 aliphatic heterocycles. The smallest absolute Gasteiger partial charge is 0.139 e. The Bertz CT molecular complexity index is 734. The van der Waals surface area contributed by atoms with Crippen molar-refractivity contribution in [2.45, 2.75) is 6.92 Å². The highest BCUT2D eigenvalue weighted by Crippen LogP contribution is 2.28. The fraction of sp³-hybridized carbons (Fsp3) is 0.0714. The van der Waals surface area contributed by atoms with E-state index in [9.17, 15) is 4.39 Å². The van der Waals surface area contributed by atoms with Gasteiger partial charge in [-0.1, -0.05) is 22.0 Å². The van der Waals surface area contributed by atoms with E-state index in [0.717, 1.165) is 26.6 Å². The number of rotatable bonds is 1. The predicted molar refractivity (Wildman–Crippen MR) is 73.9 cm³/mol. The number of hydrogen-bond donors (Lipinski definition) is 1. The van der Waals surface area contributed by atoms with Crippen molar-refractivity contribution in [2.75, 3.05) is 0 Å². The third-order valence-corrected chi connectivity index (χ3v) is 3.51. The van der Waals surface area contributed by atoms with Gasteiger partial charge in [-0.05, 0) is 42.8 Å². The second-order valence-electron chi connectivity index (χ2n) is 4.23. The molecule has 4 heteroatoms. The van der Waals surface area contributed by atoms with Gasteiger partial charge in [0.15, 0.2) is 0 Å². The van der Waals surface area contributed by atoms with E-state index in [1.807, 2.05) is 25.1 Å². The zero-order chi connectivity index (χ0) is 12.7. The van der Waals surface area contributed by atoms with Crippen molar-refractivity contribution in [3.8, 4) is 11.4 Å². The van der Waals surface area contributed by atoms with Crippen LogP contribution < -0.4 is 0 Å². The third kappa shape index (κ3) is 1.93. The summed E-state index contributed by atoms with van der Waals surface area (Å²) in [6.45, 7) is 2.03. The van der Waals surface area contributed by atoms with Crippen LogP contribution in [0, 0.1) is 12.7 Å². The van der Waals surface area contributed by atoms with Gasteiger partial charge in [0.1, 0.15) is 11.6 Å². The third-order valence-electron chi connectivity index (χ3n) is 2.82. The van der Waals surface area contributed by atoms with Crippen LogP contribution in [0.2, 0.25) is 0 Å². The highest BCUT2D eigenvalue weighted by molar-refractivity contribution is 9.10. The fourth-order valence-corrected chi connectivity index (χ4v) is 2.36. The number of aryl methyl sites for hydroxylation is 1. The van der Waals surface area contributed by atoms with Gasteiger partial charge in [-0.15, -0.1) is 0 Å². The van der Waals surface area contributed by atoms with E-state index in [4.69, 9.17) is 0 Å². The molecule has 0 atom stereocenters. The molecule has 0 spiro atoms. The molecule has 3 rings (SSSR count). The summed E-state index contributed by atoms with van der Waals surface area (Å²) in [7, 11) is 0. The van der Waals surface area contributed by atoms with Crippen molar-refractivity contribution in [3.05, 3.63) is 52.3 Å². The molecule has 0 radical (unpaired) electrons. The molecular weight excluding hydrogens is 295 g/mol. The summed E-state index contributed by atoms with van der Waals surface area (Å²) in [4.78, 5) is 7.69. The Labute approximate surface area is 112 Å². The minimum Gasteiger partial charge on any atom is -0.338 e. The summed E-state index contributed by atoms with van der Waals surface area (Å²) in [5, 5.41) is 0. The Morgan fingerprint density at radius 1 is 1.17 bits per heavy atom. The maximum absolute atomic E-state index is 13.3. The summed E-state index contributed by atoms with van der Waals surface area (Å²) in [5.41, 5.74) is 3.73. The number of nitrogens with one attached hydrogen (secondary N) is 1.